The van der Waals surface area contributed by atoms with Crippen LogP contribution in [0.3, 0.4) is 0 Å². The summed E-state index contributed by atoms with van der Waals surface area (Å²) in [6.07, 6.45) is 3.42. The van der Waals surface area contributed by atoms with Crippen LogP contribution in [0, 0.1) is 5.92 Å². The predicted octanol–water partition coefficient (Wildman–Crippen LogP) is 2.89. The van der Waals surface area contributed by atoms with Gasteiger partial charge >= 0.3 is 5.97 Å². The molecule has 1 aromatic carbocycles. The molecule has 3 atom stereocenters. The Balaban J connectivity index is 1.95. The van der Waals surface area contributed by atoms with E-state index < -0.39 is 23.4 Å². The van der Waals surface area contributed by atoms with E-state index in [1.54, 1.807) is 13.8 Å². The molecule has 29 heavy (non-hydrogen) atoms. The molecule has 0 saturated carbocycles. The molecule has 0 bridgehead atoms. The van der Waals surface area contributed by atoms with Crippen molar-refractivity contribution in [2.75, 3.05) is 13.2 Å². The molecule has 1 aliphatic rings. The highest BCUT2D eigenvalue weighted by Crippen LogP contribution is 2.44. The van der Waals surface area contributed by atoms with Crippen LogP contribution in [-0.2, 0) is 16.0 Å². The largest absolute Gasteiger partial charge is 0.494 e. The summed E-state index contributed by atoms with van der Waals surface area (Å²) in [6, 6.07) is 7.38. The van der Waals surface area contributed by atoms with Crippen LogP contribution in [0.25, 0.3) is 0 Å². The summed E-state index contributed by atoms with van der Waals surface area (Å²) in [6.45, 7) is 6.34. The van der Waals surface area contributed by atoms with Gasteiger partial charge in [0, 0.05) is 23.6 Å². The fourth-order valence-electron chi connectivity index (χ4n) is 4.16. The van der Waals surface area contributed by atoms with Crippen molar-refractivity contribution in [1.82, 2.24) is 10.2 Å². The number of aromatic nitrogens is 2. The fraction of sp³-hybridized carbons (Fsp3) is 0.545. The van der Waals surface area contributed by atoms with Crippen molar-refractivity contribution in [1.29, 1.82) is 0 Å². The molecule has 0 aliphatic heterocycles. The minimum Gasteiger partial charge on any atom is -0.494 e. The average molecular weight is 402 g/mol. The molecule has 0 fully saturated rings. The van der Waals surface area contributed by atoms with E-state index in [1.165, 1.54) is 0 Å². The Morgan fingerprint density at radius 2 is 1.93 bits per heavy atom. The van der Waals surface area contributed by atoms with Crippen molar-refractivity contribution in [2.24, 2.45) is 5.92 Å². The highest BCUT2D eigenvalue weighted by atomic mass is 16.5. The Morgan fingerprint density at radius 1 is 1.21 bits per heavy atom. The molecule has 0 saturated heterocycles. The maximum atomic E-state index is 12.8. The Labute approximate surface area is 170 Å². The highest BCUT2D eigenvalue weighted by molar-refractivity contribution is 5.77. The van der Waals surface area contributed by atoms with Gasteiger partial charge in [-0.1, -0.05) is 31.9 Å². The normalized spacial score (nSPS) is 23.4. The second-order valence-corrected chi connectivity index (χ2v) is 7.84. The molecule has 3 unspecified atom stereocenters. The Hall–Kier alpha value is -2.54. The van der Waals surface area contributed by atoms with E-state index in [1.807, 2.05) is 24.3 Å². The van der Waals surface area contributed by atoms with E-state index in [4.69, 9.17) is 9.47 Å². The van der Waals surface area contributed by atoms with Crippen molar-refractivity contribution >= 4 is 5.97 Å². The third kappa shape index (κ3) is 4.40. The minimum atomic E-state index is -1.36. The molecule has 3 N–H and O–H groups in total. The van der Waals surface area contributed by atoms with Crippen molar-refractivity contribution in [2.45, 2.75) is 58.0 Å². The Kier molecular flexibility index (Phi) is 6.47. The predicted molar refractivity (Wildman–Crippen MR) is 109 cm³/mol. The van der Waals surface area contributed by atoms with E-state index >= 15 is 0 Å². The van der Waals surface area contributed by atoms with Crippen molar-refractivity contribution in [3.05, 3.63) is 51.4 Å². The molecule has 7 heteroatoms. The first-order chi connectivity index (χ1) is 13.9. The summed E-state index contributed by atoms with van der Waals surface area (Å²) in [5, 5.41) is 16.5. The van der Waals surface area contributed by atoms with Crippen LogP contribution < -0.4 is 10.3 Å². The first-order valence-electron chi connectivity index (χ1n) is 10.3. The van der Waals surface area contributed by atoms with Gasteiger partial charge in [0.05, 0.1) is 24.7 Å². The van der Waals surface area contributed by atoms with Crippen LogP contribution >= 0.6 is 0 Å². The molecule has 1 heterocycles. The van der Waals surface area contributed by atoms with E-state index in [-0.39, 0.29) is 18.6 Å². The van der Waals surface area contributed by atoms with Gasteiger partial charge in [-0.15, -0.1) is 0 Å². The number of nitrogens with one attached hydrogen (secondary N) is 2. The third-order valence-electron chi connectivity index (χ3n) is 5.54. The summed E-state index contributed by atoms with van der Waals surface area (Å²) in [5.74, 6) is -1.27. The summed E-state index contributed by atoms with van der Waals surface area (Å²) in [7, 11) is 0. The van der Waals surface area contributed by atoms with Crippen LogP contribution in [0.5, 0.6) is 5.75 Å². The zero-order chi connectivity index (χ0) is 21.0. The SMILES string of the molecule is CCCCCOc1ccc(C2c3c([nH][nH]c3=O)CC(C)(O)C2C(=O)OCC)cc1. The molecule has 0 radical (unpaired) electrons. The molecule has 158 valence electrons. The van der Waals surface area contributed by atoms with Crippen LogP contribution in [0.2, 0.25) is 0 Å². The maximum absolute atomic E-state index is 12.8. The van der Waals surface area contributed by atoms with E-state index in [9.17, 15) is 14.7 Å². The van der Waals surface area contributed by atoms with Crippen LogP contribution in [0.4, 0.5) is 0 Å². The standard InChI is InChI=1S/C22H30N2O5/c1-4-6-7-12-29-15-10-8-14(9-11-15)17-18-16(23-24-20(18)25)13-22(3,27)19(17)21(26)28-5-2/h8-11,17,19,27H,4-7,12-13H2,1-3H3,(H2,23,24,25). The van der Waals surface area contributed by atoms with Gasteiger partial charge < -0.3 is 19.7 Å². The van der Waals surface area contributed by atoms with Gasteiger partial charge in [-0.05, 0) is 38.0 Å². The quantitative estimate of drug-likeness (QED) is 0.465. The maximum Gasteiger partial charge on any atom is 0.312 e. The molecule has 7 nitrogen and oxygen atoms in total. The van der Waals surface area contributed by atoms with Crippen LogP contribution in [-0.4, -0.2) is 40.1 Å². The van der Waals surface area contributed by atoms with Gasteiger partial charge in [0.15, 0.2) is 0 Å². The number of rotatable bonds is 8. The molecule has 0 spiro atoms. The van der Waals surface area contributed by atoms with Crippen molar-refractivity contribution < 1.29 is 19.4 Å². The van der Waals surface area contributed by atoms with Gasteiger partial charge in [-0.3, -0.25) is 14.7 Å². The first-order valence-corrected chi connectivity index (χ1v) is 10.3. The summed E-state index contributed by atoms with van der Waals surface area (Å²) >= 11 is 0. The smallest absolute Gasteiger partial charge is 0.312 e. The zero-order valence-corrected chi connectivity index (χ0v) is 17.3. The Morgan fingerprint density at radius 3 is 2.59 bits per heavy atom. The highest BCUT2D eigenvalue weighted by Gasteiger charge is 2.51. The number of unbranched alkanes of at least 4 members (excludes halogenated alkanes) is 2. The molecule has 2 aromatic rings. The van der Waals surface area contributed by atoms with Gasteiger partial charge in [0.2, 0.25) is 0 Å². The van der Waals surface area contributed by atoms with Crippen LogP contribution in [0.15, 0.2) is 29.1 Å². The minimum absolute atomic E-state index is 0.166. The second kappa shape index (κ2) is 8.86. The number of aromatic amines is 2. The lowest BCUT2D eigenvalue weighted by Gasteiger charge is -2.40. The molecule has 0 amide bonds. The molecular weight excluding hydrogens is 372 g/mol. The average Bonchev–Trinajstić information content (AvgIpc) is 3.04. The third-order valence-corrected chi connectivity index (χ3v) is 5.54. The molecule has 1 aliphatic carbocycles. The van der Waals surface area contributed by atoms with Crippen LogP contribution in [0.1, 0.15) is 62.8 Å². The molecule has 3 rings (SSSR count). The lowest BCUT2D eigenvalue weighted by Crippen LogP contribution is -2.50. The van der Waals surface area contributed by atoms with E-state index in [0.717, 1.165) is 30.6 Å². The topological polar surface area (TPSA) is 104 Å². The summed E-state index contributed by atoms with van der Waals surface area (Å²) in [4.78, 5) is 25.3. The first kappa shape index (κ1) is 21.2. The number of carbonyl (C=O) groups is 1. The number of hydrogen-bond donors (Lipinski definition) is 3. The number of esters is 1. The molecule has 1 aromatic heterocycles. The second-order valence-electron chi connectivity index (χ2n) is 7.84. The monoisotopic (exact) mass is 402 g/mol. The van der Waals surface area contributed by atoms with Crippen molar-refractivity contribution in [3.8, 4) is 5.75 Å². The van der Waals surface area contributed by atoms with Gasteiger partial charge in [0.1, 0.15) is 5.75 Å². The fourth-order valence-corrected chi connectivity index (χ4v) is 4.16. The lowest BCUT2D eigenvalue weighted by atomic mass is 9.66. The van der Waals surface area contributed by atoms with E-state index in [0.29, 0.717) is 17.9 Å². The number of carbonyl (C=O) groups excluding carboxylic acids is 1. The van der Waals surface area contributed by atoms with Gasteiger partial charge in [-0.25, -0.2) is 0 Å². The van der Waals surface area contributed by atoms with Gasteiger partial charge in [0.25, 0.3) is 5.56 Å². The summed E-state index contributed by atoms with van der Waals surface area (Å²) < 4.78 is 11.0. The Bertz CT molecular complexity index is 881. The molecular formula is C22H30N2O5. The number of H-pyrrole nitrogens is 2. The van der Waals surface area contributed by atoms with Crippen molar-refractivity contribution in [3.63, 3.8) is 0 Å². The van der Waals surface area contributed by atoms with E-state index in [2.05, 4.69) is 17.1 Å². The number of benzene rings is 1. The summed E-state index contributed by atoms with van der Waals surface area (Å²) in [5.41, 5.74) is 0.214. The lowest BCUT2D eigenvalue weighted by molar-refractivity contribution is -0.159. The van der Waals surface area contributed by atoms with Gasteiger partial charge in [-0.2, -0.15) is 0 Å². The zero-order valence-electron chi connectivity index (χ0n) is 17.3. The number of hydrogen-bond acceptors (Lipinski definition) is 5. The number of fused-ring (bicyclic) bond motifs is 1. The number of ether oxygens (including phenoxy) is 2. The number of aliphatic hydroxyl groups is 1.